The van der Waals surface area contributed by atoms with Gasteiger partial charge in [-0.1, -0.05) is 38.1 Å². The van der Waals surface area contributed by atoms with Crippen LogP contribution in [0.15, 0.2) is 29.3 Å². The van der Waals surface area contributed by atoms with Gasteiger partial charge in [-0.05, 0) is 24.0 Å². The van der Waals surface area contributed by atoms with Gasteiger partial charge in [0.2, 0.25) is 0 Å². The van der Waals surface area contributed by atoms with Gasteiger partial charge in [-0.25, -0.2) is 0 Å². The van der Waals surface area contributed by atoms with E-state index in [4.69, 9.17) is 0 Å². The van der Waals surface area contributed by atoms with Crippen LogP contribution in [0.2, 0.25) is 0 Å². The molecule has 3 rings (SSSR count). The molecule has 0 bridgehead atoms. The number of hydrogen-bond acceptors (Lipinski definition) is 3. The van der Waals surface area contributed by atoms with Crippen LogP contribution >= 0.6 is 0 Å². The smallest absolute Gasteiger partial charge is 0.191 e. The van der Waals surface area contributed by atoms with Gasteiger partial charge in [0, 0.05) is 12.6 Å². The van der Waals surface area contributed by atoms with Crippen molar-refractivity contribution in [3.8, 4) is 0 Å². The first-order valence-electron chi connectivity index (χ1n) is 6.53. The van der Waals surface area contributed by atoms with E-state index in [1.807, 2.05) is 13.8 Å². The zero-order chi connectivity index (χ0) is 12.1. The quantitative estimate of drug-likeness (QED) is 0.772. The second-order valence-electron chi connectivity index (χ2n) is 4.18. The van der Waals surface area contributed by atoms with Crippen LogP contribution in [0.3, 0.4) is 0 Å². The van der Waals surface area contributed by atoms with E-state index in [0.29, 0.717) is 6.04 Å². The van der Waals surface area contributed by atoms with Crippen LogP contribution in [0.4, 0.5) is 0 Å². The average molecular weight is 231 g/mol. The summed E-state index contributed by atoms with van der Waals surface area (Å²) in [5.41, 5.74) is 2.96. The second-order valence-corrected chi connectivity index (χ2v) is 4.18. The standard InChI is InChI=1S/C12H15N3.C2H6/c1-2-4-10-8-11(7-9(10)3-1)15-12-13-5-6-14-12;1-2/h1-4,11H,5-8H2,(H2,13,14,15);1-2H3. The van der Waals surface area contributed by atoms with E-state index in [-0.39, 0.29) is 0 Å². The van der Waals surface area contributed by atoms with Gasteiger partial charge < -0.3 is 10.6 Å². The molecule has 2 aliphatic rings. The van der Waals surface area contributed by atoms with Gasteiger partial charge in [0.25, 0.3) is 0 Å². The van der Waals surface area contributed by atoms with Crippen molar-refractivity contribution < 1.29 is 0 Å². The monoisotopic (exact) mass is 231 g/mol. The number of fused-ring (bicyclic) bond motifs is 1. The van der Waals surface area contributed by atoms with Crippen LogP contribution in [0, 0.1) is 0 Å². The van der Waals surface area contributed by atoms with E-state index in [0.717, 1.165) is 31.9 Å². The molecule has 0 aromatic heterocycles. The maximum atomic E-state index is 4.36. The highest BCUT2D eigenvalue weighted by Gasteiger charge is 2.22. The number of rotatable bonds is 1. The minimum atomic E-state index is 0.520. The Kier molecular flexibility index (Phi) is 4.02. The zero-order valence-electron chi connectivity index (χ0n) is 10.7. The molecule has 3 heteroatoms. The van der Waals surface area contributed by atoms with Crippen LogP contribution in [-0.2, 0) is 12.8 Å². The molecule has 0 fully saturated rings. The Morgan fingerprint density at radius 1 is 1.18 bits per heavy atom. The Hall–Kier alpha value is -1.51. The van der Waals surface area contributed by atoms with E-state index in [2.05, 4.69) is 39.9 Å². The molecule has 3 nitrogen and oxygen atoms in total. The first kappa shape index (κ1) is 12.0. The van der Waals surface area contributed by atoms with Crippen molar-refractivity contribution in [2.45, 2.75) is 32.7 Å². The van der Waals surface area contributed by atoms with Crippen molar-refractivity contribution in [3.05, 3.63) is 35.4 Å². The summed E-state index contributed by atoms with van der Waals surface area (Å²) in [5.74, 6) is 0.979. The van der Waals surface area contributed by atoms with Gasteiger partial charge in [0.15, 0.2) is 5.96 Å². The van der Waals surface area contributed by atoms with Crippen LogP contribution < -0.4 is 10.6 Å². The Morgan fingerprint density at radius 3 is 2.35 bits per heavy atom. The first-order valence-corrected chi connectivity index (χ1v) is 6.53. The minimum Gasteiger partial charge on any atom is -0.355 e. The number of nitrogens with one attached hydrogen (secondary N) is 2. The normalized spacial score (nSPS) is 17.6. The van der Waals surface area contributed by atoms with Crippen molar-refractivity contribution >= 4 is 5.96 Å². The summed E-state index contributed by atoms with van der Waals surface area (Å²) in [5, 5.41) is 6.71. The van der Waals surface area contributed by atoms with E-state index in [1.54, 1.807) is 0 Å². The fourth-order valence-corrected chi connectivity index (χ4v) is 2.35. The van der Waals surface area contributed by atoms with Crippen LogP contribution in [0.1, 0.15) is 25.0 Å². The second kappa shape index (κ2) is 5.71. The molecule has 0 saturated carbocycles. The van der Waals surface area contributed by atoms with Crippen molar-refractivity contribution in [2.75, 3.05) is 13.1 Å². The van der Waals surface area contributed by atoms with Crippen molar-refractivity contribution in [2.24, 2.45) is 4.99 Å². The van der Waals surface area contributed by atoms with E-state index < -0.39 is 0 Å². The van der Waals surface area contributed by atoms with Crippen molar-refractivity contribution in [1.29, 1.82) is 0 Å². The molecular formula is C14H21N3. The molecule has 1 aromatic rings. The summed E-state index contributed by atoms with van der Waals surface area (Å²) in [6.07, 6.45) is 2.24. The topological polar surface area (TPSA) is 36.4 Å². The molecule has 17 heavy (non-hydrogen) atoms. The molecule has 92 valence electrons. The van der Waals surface area contributed by atoms with Crippen LogP contribution in [-0.4, -0.2) is 25.1 Å². The van der Waals surface area contributed by atoms with Crippen molar-refractivity contribution in [1.82, 2.24) is 10.6 Å². The third kappa shape index (κ3) is 2.78. The van der Waals surface area contributed by atoms with E-state index in [9.17, 15) is 0 Å². The Balaban J connectivity index is 0.000000514. The molecule has 0 spiro atoms. The predicted molar refractivity (Wildman–Crippen MR) is 72.4 cm³/mol. The molecule has 1 aliphatic carbocycles. The maximum Gasteiger partial charge on any atom is 0.191 e. The molecule has 1 aromatic carbocycles. The lowest BCUT2D eigenvalue weighted by Gasteiger charge is -2.13. The third-order valence-electron chi connectivity index (χ3n) is 3.07. The summed E-state index contributed by atoms with van der Waals surface area (Å²) >= 11 is 0. The highest BCUT2D eigenvalue weighted by Crippen LogP contribution is 2.21. The molecule has 1 aliphatic heterocycles. The fourth-order valence-electron chi connectivity index (χ4n) is 2.35. The third-order valence-corrected chi connectivity index (χ3v) is 3.07. The Morgan fingerprint density at radius 2 is 1.82 bits per heavy atom. The Labute approximate surface area is 103 Å². The summed E-state index contributed by atoms with van der Waals surface area (Å²) in [4.78, 5) is 4.36. The molecular weight excluding hydrogens is 210 g/mol. The van der Waals surface area contributed by atoms with Gasteiger partial charge in [-0.3, -0.25) is 4.99 Å². The Bertz CT molecular complexity index is 373. The summed E-state index contributed by atoms with van der Waals surface area (Å²) in [6.45, 7) is 5.88. The van der Waals surface area contributed by atoms with Gasteiger partial charge in [-0.15, -0.1) is 0 Å². The highest BCUT2D eigenvalue weighted by atomic mass is 15.2. The number of benzene rings is 1. The molecule has 1 heterocycles. The lowest BCUT2D eigenvalue weighted by atomic mass is 10.1. The lowest BCUT2D eigenvalue weighted by molar-refractivity contribution is 0.635. The summed E-state index contributed by atoms with van der Waals surface area (Å²) in [7, 11) is 0. The number of nitrogens with zero attached hydrogens (tertiary/aromatic N) is 1. The van der Waals surface area contributed by atoms with Crippen LogP contribution in [0.25, 0.3) is 0 Å². The van der Waals surface area contributed by atoms with Gasteiger partial charge in [0.1, 0.15) is 0 Å². The molecule has 0 unspecified atom stereocenters. The minimum absolute atomic E-state index is 0.520. The maximum absolute atomic E-state index is 4.36. The molecule has 2 N–H and O–H groups in total. The molecule has 0 saturated heterocycles. The van der Waals surface area contributed by atoms with Crippen molar-refractivity contribution in [3.63, 3.8) is 0 Å². The highest BCUT2D eigenvalue weighted by molar-refractivity contribution is 5.81. The van der Waals surface area contributed by atoms with Crippen LogP contribution in [0.5, 0.6) is 0 Å². The lowest BCUT2D eigenvalue weighted by Crippen LogP contribution is -2.41. The zero-order valence-corrected chi connectivity index (χ0v) is 10.7. The van der Waals surface area contributed by atoms with Gasteiger partial charge in [-0.2, -0.15) is 0 Å². The summed E-state index contributed by atoms with van der Waals surface area (Å²) < 4.78 is 0. The molecule has 0 radical (unpaired) electrons. The average Bonchev–Trinajstić information content (AvgIpc) is 3.00. The first-order chi connectivity index (χ1) is 8.42. The number of guanidine groups is 1. The van der Waals surface area contributed by atoms with E-state index >= 15 is 0 Å². The SMILES string of the molecule is CC.c1ccc2c(c1)CC(NC1=NCCN1)C2. The summed E-state index contributed by atoms with van der Waals surface area (Å²) in [6, 6.07) is 9.20. The number of hydrogen-bond donors (Lipinski definition) is 2. The fraction of sp³-hybridized carbons (Fsp3) is 0.500. The largest absolute Gasteiger partial charge is 0.355 e. The van der Waals surface area contributed by atoms with Gasteiger partial charge in [0.05, 0.1) is 6.54 Å². The molecule has 0 atom stereocenters. The molecule has 0 amide bonds. The van der Waals surface area contributed by atoms with E-state index in [1.165, 1.54) is 11.1 Å². The van der Waals surface area contributed by atoms with Gasteiger partial charge >= 0.3 is 0 Å². The predicted octanol–water partition coefficient (Wildman–Crippen LogP) is 1.73. The number of aliphatic imine (C=N–C) groups is 1.